The van der Waals surface area contributed by atoms with Crippen molar-refractivity contribution < 1.29 is 30.9 Å². The Labute approximate surface area is 305 Å². The Morgan fingerprint density at radius 3 is 2.02 bits per heavy atom. The quantitative estimate of drug-likeness (QED) is 0.163. The molecule has 0 spiro atoms. The van der Waals surface area contributed by atoms with Crippen molar-refractivity contribution in [2.75, 3.05) is 0 Å². The Bertz CT molecular complexity index is 2040. The van der Waals surface area contributed by atoms with E-state index in [0.29, 0.717) is 22.9 Å². The fourth-order valence-corrected chi connectivity index (χ4v) is 5.89. The molecule has 0 aliphatic rings. The first-order valence-electron chi connectivity index (χ1n) is 16.5. The third kappa shape index (κ3) is 8.20. The van der Waals surface area contributed by atoms with Crippen LogP contribution in [0, 0.1) is 6.07 Å². The molecule has 0 aliphatic heterocycles. The van der Waals surface area contributed by atoms with Crippen molar-refractivity contribution in [3.63, 3.8) is 0 Å². The van der Waals surface area contributed by atoms with E-state index in [9.17, 15) is 5.11 Å². The maximum atomic E-state index is 11.8. The van der Waals surface area contributed by atoms with Crippen molar-refractivity contribution >= 4 is 0 Å². The standard InChI is InChI=1S/C44H43N2O2.Pt/c1-29(30-15-10-8-11-16-30)32-21-22-45-41(26-32)48-36-20-14-19-33(23-36)39-24-34(31-17-12-9-13-18-31)25-40(46-39)37-27-35(43(2,3)4)28-38(42(37)47)44(5,6)7;/h8-22,24-29,47H,1-7H3;/q-1;. The zero-order valence-electron chi connectivity index (χ0n) is 29.2. The van der Waals surface area contributed by atoms with E-state index in [1.807, 2.05) is 54.6 Å². The molecule has 5 heteroatoms. The smallest absolute Gasteiger partial charge is 0.217 e. The Hall–Kier alpha value is -4.53. The normalized spacial score (nSPS) is 12.2. The van der Waals surface area contributed by atoms with Gasteiger partial charge in [0, 0.05) is 56.1 Å². The van der Waals surface area contributed by atoms with Gasteiger partial charge in [0.05, 0.1) is 5.69 Å². The minimum Gasteiger partial charge on any atom is -0.507 e. The number of hydrogen-bond acceptors (Lipinski definition) is 4. The van der Waals surface area contributed by atoms with Crippen LogP contribution in [0.15, 0.2) is 121 Å². The molecule has 0 fully saturated rings. The maximum Gasteiger partial charge on any atom is 0.217 e. The van der Waals surface area contributed by atoms with Gasteiger partial charge >= 0.3 is 0 Å². The number of pyridine rings is 2. The number of phenols is 1. The van der Waals surface area contributed by atoms with Gasteiger partial charge in [-0.25, -0.2) is 4.98 Å². The van der Waals surface area contributed by atoms with Gasteiger partial charge in [-0.3, -0.25) is 4.98 Å². The Morgan fingerprint density at radius 1 is 0.673 bits per heavy atom. The van der Waals surface area contributed by atoms with Gasteiger partial charge in [0.15, 0.2) is 0 Å². The third-order valence-corrected chi connectivity index (χ3v) is 8.81. The van der Waals surface area contributed by atoms with Gasteiger partial charge in [-0.15, -0.1) is 23.8 Å². The Morgan fingerprint density at radius 2 is 1.35 bits per heavy atom. The number of nitrogens with zero attached hydrogens (tertiary/aromatic N) is 2. The van der Waals surface area contributed by atoms with Crippen molar-refractivity contribution in [1.29, 1.82) is 0 Å². The van der Waals surface area contributed by atoms with Gasteiger partial charge in [-0.1, -0.05) is 127 Å². The van der Waals surface area contributed by atoms with E-state index in [2.05, 4.69) is 120 Å². The Balaban J connectivity index is 0.00000468. The molecule has 0 radical (unpaired) electrons. The topological polar surface area (TPSA) is 55.2 Å². The first kappa shape index (κ1) is 35.8. The van der Waals surface area contributed by atoms with Crippen molar-refractivity contribution in [2.45, 2.75) is 65.2 Å². The van der Waals surface area contributed by atoms with E-state index in [4.69, 9.17) is 9.72 Å². The number of aromatic hydroxyl groups is 1. The van der Waals surface area contributed by atoms with E-state index < -0.39 is 0 Å². The molecular weight excluding hydrogens is 784 g/mol. The van der Waals surface area contributed by atoms with Crippen LogP contribution in [0.25, 0.3) is 33.6 Å². The molecule has 0 saturated heterocycles. The zero-order valence-corrected chi connectivity index (χ0v) is 31.5. The zero-order chi connectivity index (χ0) is 34.1. The summed E-state index contributed by atoms with van der Waals surface area (Å²) < 4.78 is 6.29. The predicted octanol–water partition coefficient (Wildman–Crippen LogP) is 11.5. The van der Waals surface area contributed by atoms with E-state index in [1.54, 1.807) is 6.20 Å². The number of aromatic nitrogens is 2. The molecule has 1 unspecified atom stereocenters. The number of hydrogen-bond donors (Lipinski definition) is 1. The van der Waals surface area contributed by atoms with Crippen molar-refractivity contribution in [2.24, 2.45) is 0 Å². The van der Waals surface area contributed by atoms with Crippen LogP contribution in [-0.2, 0) is 31.9 Å². The molecule has 6 aromatic rings. The van der Waals surface area contributed by atoms with Crippen LogP contribution in [0.2, 0.25) is 0 Å². The van der Waals surface area contributed by atoms with Gasteiger partial charge in [0.1, 0.15) is 5.75 Å². The summed E-state index contributed by atoms with van der Waals surface area (Å²) in [6.07, 6.45) is 1.79. The van der Waals surface area contributed by atoms with E-state index in [1.165, 1.54) is 5.56 Å². The summed E-state index contributed by atoms with van der Waals surface area (Å²) in [4.78, 5) is 9.66. The predicted molar refractivity (Wildman–Crippen MR) is 197 cm³/mol. The molecule has 0 bridgehead atoms. The molecule has 0 aliphatic carbocycles. The minimum absolute atomic E-state index is 0. The first-order valence-corrected chi connectivity index (χ1v) is 16.5. The molecular formula is C44H43N2O2Pt-. The van der Waals surface area contributed by atoms with Crippen LogP contribution in [-0.4, -0.2) is 15.1 Å². The summed E-state index contributed by atoms with van der Waals surface area (Å²) in [6, 6.07) is 42.3. The molecule has 6 rings (SSSR count). The summed E-state index contributed by atoms with van der Waals surface area (Å²) in [5.74, 6) is 1.51. The van der Waals surface area contributed by atoms with Gasteiger partial charge in [-0.05, 0) is 62.5 Å². The SMILES string of the molecule is CC(c1ccccc1)c1ccnc(Oc2[c-]c(-c3cc(-c4ccccc4)cc(-c4cc(C(C)(C)C)cc(C(C)(C)C)c4O)n3)ccc2)c1.[Pt]. The number of rotatable bonds is 7. The molecule has 0 saturated carbocycles. The number of phenolic OH excluding ortho intramolecular Hbond substituents is 1. The second-order valence-electron chi connectivity index (χ2n) is 14.5. The van der Waals surface area contributed by atoms with Crippen molar-refractivity contribution in [3.8, 4) is 51.0 Å². The van der Waals surface area contributed by atoms with E-state index in [-0.39, 0.29) is 43.6 Å². The van der Waals surface area contributed by atoms with Crippen molar-refractivity contribution in [3.05, 3.63) is 150 Å². The molecule has 49 heavy (non-hydrogen) atoms. The molecule has 2 aromatic heterocycles. The number of benzene rings is 4. The van der Waals surface area contributed by atoms with Crippen LogP contribution >= 0.6 is 0 Å². The van der Waals surface area contributed by atoms with Crippen LogP contribution < -0.4 is 4.74 Å². The second-order valence-corrected chi connectivity index (χ2v) is 14.5. The van der Waals surface area contributed by atoms with Crippen LogP contribution in [0.4, 0.5) is 0 Å². The summed E-state index contributed by atoms with van der Waals surface area (Å²) in [6.45, 7) is 15.2. The molecule has 1 atom stereocenters. The van der Waals surface area contributed by atoms with Gasteiger partial charge in [-0.2, -0.15) is 0 Å². The first-order chi connectivity index (χ1) is 22.9. The minimum atomic E-state index is -0.260. The largest absolute Gasteiger partial charge is 0.507 e. The average molecular weight is 827 g/mol. The van der Waals surface area contributed by atoms with E-state index >= 15 is 0 Å². The summed E-state index contributed by atoms with van der Waals surface area (Å²) in [7, 11) is 0. The van der Waals surface area contributed by atoms with Crippen LogP contribution in [0.3, 0.4) is 0 Å². The van der Waals surface area contributed by atoms with Gasteiger partial charge < -0.3 is 9.84 Å². The van der Waals surface area contributed by atoms with Crippen LogP contribution in [0.1, 0.15) is 76.6 Å². The summed E-state index contributed by atoms with van der Waals surface area (Å²) >= 11 is 0. The molecule has 2 heterocycles. The van der Waals surface area contributed by atoms with E-state index in [0.717, 1.165) is 39.1 Å². The second kappa shape index (κ2) is 14.5. The molecule has 0 amide bonds. The average Bonchev–Trinajstić information content (AvgIpc) is 3.08. The van der Waals surface area contributed by atoms with Crippen molar-refractivity contribution in [1.82, 2.24) is 9.97 Å². The fourth-order valence-electron chi connectivity index (χ4n) is 5.89. The Kier molecular flexibility index (Phi) is 10.6. The fraction of sp³-hybridized carbons (Fsp3) is 0.227. The van der Waals surface area contributed by atoms with Gasteiger partial charge in [0.2, 0.25) is 5.88 Å². The van der Waals surface area contributed by atoms with Gasteiger partial charge in [0.25, 0.3) is 0 Å². The van der Waals surface area contributed by atoms with Crippen LogP contribution in [0.5, 0.6) is 17.4 Å². The summed E-state index contributed by atoms with van der Waals surface area (Å²) in [5.41, 5.74) is 9.00. The monoisotopic (exact) mass is 826 g/mol. The maximum absolute atomic E-state index is 11.8. The molecule has 252 valence electrons. The molecule has 1 N–H and O–H groups in total. The molecule has 4 aromatic carbocycles. The summed E-state index contributed by atoms with van der Waals surface area (Å²) in [5, 5.41) is 11.8. The number of ether oxygens (including phenoxy) is 1. The third-order valence-electron chi connectivity index (χ3n) is 8.81. The molecule has 4 nitrogen and oxygen atoms in total.